The molecule has 1 atom stereocenters. The summed E-state index contributed by atoms with van der Waals surface area (Å²) >= 11 is 2.37. The van der Waals surface area contributed by atoms with Crippen LogP contribution in [0.4, 0.5) is 0 Å². The fourth-order valence-corrected chi connectivity index (χ4v) is 2.70. The Bertz CT molecular complexity index is 318. The summed E-state index contributed by atoms with van der Waals surface area (Å²) in [5, 5.41) is 3.57. The van der Waals surface area contributed by atoms with Gasteiger partial charge in [0.1, 0.15) is 0 Å². The lowest BCUT2D eigenvalue weighted by molar-refractivity contribution is 0.385. The van der Waals surface area contributed by atoms with Crippen molar-refractivity contribution < 1.29 is 0 Å². The van der Waals surface area contributed by atoms with E-state index in [1.54, 1.807) is 0 Å². The van der Waals surface area contributed by atoms with Crippen molar-refractivity contribution in [2.75, 3.05) is 13.1 Å². The topological polar surface area (TPSA) is 12.0 Å². The lowest BCUT2D eigenvalue weighted by Crippen LogP contribution is -2.26. The molecular formula is C16H26IN. The Balaban J connectivity index is 2.51. The summed E-state index contributed by atoms with van der Waals surface area (Å²) in [6.45, 7) is 9.16. The van der Waals surface area contributed by atoms with Crippen molar-refractivity contribution in [3.8, 4) is 0 Å². The standard InChI is InChI=1S/C16H26IN/c1-4-9-18-12-15(10-13(2)3)11-14-5-7-16(17)8-6-14/h5-8,13,15,18H,4,9-12H2,1-3H3. The first kappa shape index (κ1) is 16.0. The van der Waals surface area contributed by atoms with Crippen molar-refractivity contribution >= 4 is 22.6 Å². The van der Waals surface area contributed by atoms with E-state index >= 15 is 0 Å². The van der Waals surface area contributed by atoms with Crippen LogP contribution in [0.1, 0.15) is 39.2 Å². The van der Waals surface area contributed by atoms with Crippen LogP contribution in [0, 0.1) is 15.4 Å². The summed E-state index contributed by atoms with van der Waals surface area (Å²) in [7, 11) is 0. The molecule has 0 saturated carbocycles. The second-order valence-electron chi connectivity index (χ2n) is 5.53. The summed E-state index contributed by atoms with van der Waals surface area (Å²) < 4.78 is 1.32. The number of rotatable bonds is 8. The lowest BCUT2D eigenvalue weighted by atomic mass is 9.91. The largest absolute Gasteiger partial charge is 0.316 e. The molecule has 1 nitrogen and oxygen atoms in total. The highest BCUT2D eigenvalue weighted by atomic mass is 127. The molecule has 102 valence electrons. The second-order valence-corrected chi connectivity index (χ2v) is 6.78. The highest BCUT2D eigenvalue weighted by Gasteiger charge is 2.11. The minimum atomic E-state index is 0.761. The highest BCUT2D eigenvalue weighted by molar-refractivity contribution is 14.1. The fourth-order valence-electron chi connectivity index (χ4n) is 2.34. The van der Waals surface area contributed by atoms with Crippen LogP contribution >= 0.6 is 22.6 Å². The van der Waals surface area contributed by atoms with Crippen LogP contribution < -0.4 is 5.32 Å². The molecule has 0 aliphatic carbocycles. The third-order valence-electron chi connectivity index (χ3n) is 3.10. The molecule has 0 bridgehead atoms. The van der Waals surface area contributed by atoms with Crippen molar-refractivity contribution in [1.82, 2.24) is 5.32 Å². The van der Waals surface area contributed by atoms with E-state index in [0.29, 0.717) is 0 Å². The van der Waals surface area contributed by atoms with Crippen LogP contribution in [-0.2, 0) is 6.42 Å². The van der Waals surface area contributed by atoms with Gasteiger partial charge in [-0.05, 0) is 84.5 Å². The Labute approximate surface area is 126 Å². The molecule has 2 heteroatoms. The first-order valence-electron chi connectivity index (χ1n) is 7.07. The molecule has 1 N–H and O–H groups in total. The van der Waals surface area contributed by atoms with Gasteiger partial charge in [-0.25, -0.2) is 0 Å². The molecule has 0 heterocycles. The predicted molar refractivity (Wildman–Crippen MR) is 89.0 cm³/mol. The summed E-state index contributed by atoms with van der Waals surface area (Å²) in [5.41, 5.74) is 1.47. The van der Waals surface area contributed by atoms with Crippen LogP contribution in [0.2, 0.25) is 0 Å². The van der Waals surface area contributed by atoms with Crippen molar-refractivity contribution in [2.24, 2.45) is 11.8 Å². The van der Waals surface area contributed by atoms with E-state index in [1.807, 2.05) is 0 Å². The van der Waals surface area contributed by atoms with E-state index in [9.17, 15) is 0 Å². The second kappa shape index (κ2) is 8.92. The average Bonchev–Trinajstić information content (AvgIpc) is 2.31. The summed E-state index contributed by atoms with van der Waals surface area (Å²) in [5.74, 6) is 1.54. The van der Waals surface area contributed by atoms with Gasteiger partial charge in [0.2, 0.25) is 0 Å². The first-order valence-corrected chi connectivity index (χ1v) is 8.14. The molecule has 1 aromatic rings. The molecule has 0 fully saturated rings. The van der Waals surface area contributed by atoms with Crippen molar-refractivity contribution in [3.63, 3.8) is 0 Å². The van der Waals surface area contributed by atoms with Crippen molar-refractivity contribution in [1.29, 1.82) is 0 Å². The van der Waals surface area contributed by atoms with Gasteiger partial charge in [-0.1, -0.05) is 32.9 Å². The van der Waals surface area contributed by atoms with Crippen LogP contribution in [0.5, 0.6) is 0 Å². The molecule has 1 unspecified atom stereocenters. The van der Waals surface area contributed by atoms with Gasteiger partial charge in [0.15, 0.2) is 0 Å². The Hall–Kier alpha value is -0.0900. The molecule has 0 amide bonds. The zero-order valence-electron chi connectivity index (χ0n) is 11.9. The van der Waals surface area contributed by atoms with E-state index in [0.717, 1.165) is 24.9 Å². The minimum absolute atomic E-state index is 0.761. The molecule has 18 heavy (non-hydrogen) atoms. The quantitative estimate of drug-likeness (QED) is 0.533. The van der Waals surface area contributed by atoms with Crippen LogP contribution in [0.15, 0.2) is 24.3 Å². The smallest absolute Gasteiger partial charge is 0.0130 e. The molecule has 0 radical (unpaired) electrons. The molecule has 0 aliphatic rings. The summed E-state index contributed by atoms with van der Waals surface area (Å²) in [4.78, 5) is 0. The van der Waals surface area contributed by atoms with Gasteiger partial charge in [0, 0.05) is 3.57 Å². The third kappa shape index (κ3) is 6.74. The number of halogens is 1. The molecule has 0 aliphatic heterocycles. The zero-order chi connectivity index (χ0) is 13.4. The monoisotopic (exact) mass is 359 g/mol. The average molecular weight is 359 g/mol. The Morgan fingerprint density at radius 3 is 2.39 bits per heavy atom. The number of benzene rings is 1. The van der Waals surface area contributed by atoms with E-state index in [4.69, 9.17) is 0 Å². The Morgan fingerprint density at radius 1 is 1.17 bits per heavy atom. The van der Waals surface area contributed by atoms with Crippen LogP contribution in [0.25, 0.3) is 0 Å². The van der Waals surface area contributed by atoms with Gasteiger partial charge < -0.3 is 5.32 Å². The number of nitrogens with one attached hydrogen (secondary N) is 1. The minimum Gasteiger partial charge on any atom is -0.316 e. The maximum absolute atomic E-state index is 3.57. The molecular weight excluding hydrogens is 333 g/mol. The summed E-state index contributed by atoms with van der Waals surface area (Å²) in [6, 6.07) is 8.97. The van der Waals surface area contributed by atoms with Gasteiger partial charge in [0.25, 0.3) is 0 Å². The van der Waals surface area contributed by atoms with Gasteiger partial charge in [-0.2, -0.15) is 0 Å². The lowest BCUT2D eigenvalue weighted by Gasteiger charge is -2.19. The maximum atomic E-state index is 3.57. The van der Waals surface area contributed by atoms with Crippen LogP contribution in [-0.4, -0.2) is 13.1 Å². The van der Waals surface area contributed by atoms with E-state index in [-0.39, 0.29) is 0 Å². The molecule has 1 aromatic carbocycles. The first-order chi connectivity index (χ1) is 8.61. The third-order valence-corrected chi connectivity index (χ3v) is 3.82. The van der Waals surface area contributed by atoms with Crippen molar-refractivity contribution in [2.45, 2.75) is 40.0 Å². The highest BCUT2D eigenvalue weighted by Crippen LogP contribution is 2.17. The number of hydrogen-bond donors (Lipinski definition) is 1. The molecule has 0 saturated heterocycles. The van der Waals surface area contributed by atoms with Crippen LogP contribution in [0.3, 0.4) is 0 Å². The predicted octanol–water partition coefficient (Wildman–Crippen LogP) is 4.50. The fraction of sp³-hybridized carbons (Fsp3) is 0.625. The van der Waals surface area contributed by atoms with Crippen molar-refractivity contribution in [3.05, 3.63) is 33.4 Å². The number of hydrogen-bond acceptors (Lipinski definition) is 1. The van der Waals surface area contributed by atoms with E-state index in [2.05, 4.69) is 72.9 Å². The maximum Gasteiger partial charge on any atom is 0.0130 e. The van der Waals surface area contributed by atoms with Gasteiger partial charge >= 0.3 is 0 Å². The Kier molecular flexibility index (Phi) is 7.91. The van der Waals surface area contributed by atoms with Gasteiger partial charge in [0.05, 0.1) is 0 Å². The van der Waals surface area contributed by atoms with Gasteiger partial charge in [-0.15, -0.1) is 0 Å². The zero-order valence-corrected chi connectivity index (χ0v) is 14.0. The summed E-state index contributed by atoms with van der Waals surface area (Å²) in [6.07, 6.45) is 3.73. The SMILES string of the molecule is CCCNCC(Cc1ccc(I)cc1)CC(C)C. The van der Waals surface area contributed by atoms with E-state index < -0.39 is 0 Å². The molecule has 0 spiro atoms. The molecule has 0 aromatic heterocycles. The normalized spacial score (nSPS) is 12.9. The van der Waals surface area contributed by atoms with Gasteiger partial charge in [-0.3, -0.25) is 0 Å². The molecule has 1 rings (SSSR count). The Morgan fingerprint density at radius 2 is 1.83 bits per heavy atom. The van der Waals surface area contributed by atoms with E-state index in [1.165, 1.54) is 28.4 Å².